The molecule has 1 heterocycles. The van der Waals surface area contributed by atoms with Crippen molar-refractivity contribution in [1.82, 2.24) is 15.3 Å². The first kappa shape index (κ1) is 15.8. The summed E-state index contributed by atoms with van der Waals surface area (Å²) in [5.74, 6) is 0.726. The topological polar surface area (TPSA) is 67.0 Å². The molecule has 0 aliphatic rings. The Balaban J connectivity index is 1.82. The van der Waals surface area contributed by atoms with Crippen LogP contribution in [0, 0.1) is 13.8 Å². The first-order valence-electron chi connectivity index (χ1n) is 7.22. The highest BCUT2D eigenvalue weighted by molar-refractivity contribution is 5.91. The SMILES string of the molecule is Cc1cccc(C)c1OCC(C)NC(=O)/C=C/c1cnc[nH]1. The van der Waals surface area contributed by atoms with Crippen LogP contribution >= 0.6 is 0 Å². The third kappa shape index (κ3) is 4.48. The van der Waals surface area contributed by atoms with Crippen LogP contribution in [0.25, 0.3) is 6.08 Å². The lowest BCUT2D eigenvalue weighted by Crippen LogP contribution is -2.35. The number of nitrogens with zero attached hydrogens (tertiary/aromatic N) is 1. The summed E-state index contributed by atoms with van der Waals surface area (Å²) in [6.45, 7) is 6.36. The molecule has 0 saturated carbocycles. The molecule has 2 rings (SSSR count). The predicted octanol–water partition coefficient (Wildman–Crippen LogP) is 2.62. The number of amides is 1. The van der Waals surface area contributed by atoms with Crippen molar-refractivity contribution < 1.29 is 9.53 Å². The Kier molecular flexibility index (Phi) is 5.36. The molecule has 0 spiro atoms. The van der Waals surface area contributed by atoms with Gasteiger partial charge in [0.25, 0.3) is 0 Å². The van der Waals surface area contributed by atoms with Gasteiger partial charge < -0.3 is 15.0 Å². The van der Waals surface area contributed by atoms with Crippen LogP contribution < -0.4 is 10.1 Å². The summed E-state index contributed by atoms with van der Waals surface area (Å²) in [5, 5.41) is 2.87. The first-order valence-corrected chi connectivity index (χ1v) is 7.22. The smallest absolute Gasteiger partial charge is 0.244 e. The maximum Gasteiger partial charge on any atom is 0.244 e. The van der Waals surface area contributed by atoms with E-state index in [1.807, 2.05) is 39.0 Å². The molecule has 1 aromatic carbocycles. The Labute approximate surface area is 130 Å². The number of para-hydroxylation sites is 1. The summed E-state index contributed by atoms with van der Waals surface area (Å²) < 4.78 is 5.83. The summed E-state index contributed by atoms with van der Waals surface area (Å²) in [5.41, 5.74) is 2.98. The minimum Gasteiger partial charge on any atom is -0.491 e. The predicted molar refractivity (Wildman–Crippen MR) is 86.6 cm³/mol. The quantitative estimate of drug-likeness (QED) is 0.806. The van der Waals surface area contributed by atoms with E-state index in [1.54, 1.807) is 18.6 Å². The van der Waals surface area contributed by atoms with Gasteiger partial charge in [-0.1, -0.05) is 18.2 Å². The standard InChI is InChI=1S/C17H21N3O2/c1-12-5-4-6-13(2)17(12)22-10-14(3)20-16(21)8-7-15-9-18-11-19-15/h4-9,11,14H,10H2,1-3H3,(H,18,19)(H,20,21)/b8-7+. The van der Waals surface area contributed by atoms with Crippen LogP contribution in [0.4, 0.5) is 0 Å². The fraction of sp³-hybridized carbons (Fsp3) is 0.294. The number of hydrogen-bond acceptors (Lipinski definition) is 3. The summed E-state index contributed by atoms with van der Waals surface area (Å²) in [6.07, 6.45) is 6.38. The van der Waals surface area contributed by atoms with Gasteiger partial charge in [0.15, 0.2) is 0 Å². The number of benzene rings is 1. The van der Waals surface area contributed by atoms with E-state index in [2.05, 4.69) is 15.3 Å². The zero-order chi connectivity index (χ0) is 15.9. The molecule has 1 aromatic heterocycles. The number of H-pyrrole nitrogens is 1. The number of ether oxygens (including phenoxy) is 1. The number of aromatic amines is 1. The second kappa shape index (κ2) is 7.45. The zero-order valence-electron chi connectivity index (χ0n) is 13.1. The number of carbonyl (C=O) groups excluding carboxylic acids is 1. The maximum atomic E-state index is 11.8. The second-order valence-electron chi connectivity index (χ2n) is 5.28. The van der Waals surface area contributed by atoms with Crippen LogP contribution in [-0.4, -0.2) is 28.5 Å². The van der Waals surface area contributed by atoms with Gasteiger partial charge in [-0.2, -0.15) is 0 Å². The molecule has 1 atom stereocenters. The molecule has 22 heavy (non-hydrogen) atoms. The average Bonchev–Trinajstić information content (AvgIpc) is 2.98. The molecule has 116 valence electrons. The largest absolute Gasteiger partial charge is 0.491 e. The van der Waals surface area contributed by atoms with Gasteiger partial charge in [0.2, 0.25) is 5.91 Å². The molecule has 1 amide bonds. The van der Waals surface area contributed by atoms with Crippen molar-refractivity contribution in [3.8, 4) is 5.75 Å². The van der Waals surface area contributed by atoms with E-state index in [4.69, 9.17) is 4.74 Å². The average molecular weight is 299 g/mol. The molecule has 1 unspecified atom stereocenters. The van der Waals surface area contributed by atoms with Crippen molar-refractivity contribution in [2.75, 3.05) is 6.61 Å². The highest BCUT2D eigenvalue weighted by atomic mass is 16.5. The van der Waals surface area contributed by atoms with E-state index in [9.17, 15) is 4.79 Å². The molecule has 0 saturated heterocycles. The Morgan fingerprint density at radius 3 is 2.77 bits per heavy atom. The maximum absolute atomic E-state index is 11.8. The Hall–Kier alpha value is -2.56. The van der Waals surface area contributed by atoms with Gasteiger partial charge in [-0.15, -0.1) is 0 Å². The van der Waals surface area contributed by atoms with Crippen molar-refractivity contribution in [1.29, 1.82) is 0 Å². The van der Waals surface area contributed by atoms with Gasteiger partial charge in [-0.05, 0) is 38.0 Å². The molecule has 0 aliphatic heterocycles. The number of rotatable bonds is 6. The normalized spacial score (nSPS) is 12.3. The van der Waals surface area contributed by atoms with E-state index in [-0.39, 0.29) is 11.9 Å². The monoisotopic (exact) mass is 299 g/mol. The molecule has 5 nitrogen and oxygen atoms in total. The molecular formula is C17H21N3O2. The molecule has 0 aliphatic carbocycles. The third-order valence-corrected chi connectivity index (χ3v) is 3.21. The first-order chi connectivity index (χ1) is 10.6. The lowest BCUT2D eigenvalue weighted by Gasteiger charge is -2.16. The van der Waals surface area contributed by atoms with Crippen LogP contribution in [0.3, 0.4) is 0 Å². The van der Waals surface area contributed by atoms with Crippen LogP contribution in [0.15, 0.2) is 36.8 Å². The molecule has 0 radical (unpaired) electrons. The van der Waals surface area contributed by atoms with Gasteiger partial charge in [0.1, 0.15) is 12.4 Å². The number of aryl methyl sites for hydroxylation is 2. The van der Waals surface area contributed by atoms with Crippen molar-refractivity contribution in [2.45, 2.75) is 26.8 Å². The van der Waals surface area contributed by atoms with Gasteiger partial charge >= 0.3 is 0 Å². The van der Waals surface area contributed by atoms with Crippen molar-refractivity contribution >= 4 is 12.0 Å². The van der Waals surface area contributed by atoms with Crippen LogP contribution in [0.5, 0.6) is 5.75 Å². The number of nitrogens with one attached hydrogen (secondary N) is 2. The molecule has 0 bridgehead atoms. The van der Waals surface area contributed by atoms with E-state index >= 15 is 0 Å². The minimum absolute atomic E-state index is 0.0853. The van der Waals surface area contributed by atoms with E-state index in [1.165, 1.54) is 6.08 Å². The summed E-state index contributed by atoms with van der Waals surface area (Å²) in [7, 11) is 0. The fourth-order valence-corrected chi connectivity index (χ4v) is 2.09. The highest BCUT2D eigenvalue weighted by Gasteiger charge is 2.08. The summed E-state index contributed by atoms with van der Waals surface area (Å²) in [6, 6.07) is 5.94. The lowest BCUT2D eigenvalue weighted by molar-refractivity contribution is -0.117. The second-order valence-corrected chi connectivity index (χ2v) is 5.28. The molecular weight excluding hydrogens is 278 g/mol. The lowest BCUT2D eigenvalue weighted by atomic mass is 10.1. The molecule has 0 fully saturated rings. The molecule has 2 aromatic rings. The minimum atomic E-state index is -0.160. The highest BCUT2D eigenvalue weighted by Crippen LogP contribution is 2.22. The van der Waals surface area contributed by atoms with Crippen LogP contribution in [0.2, 0.25) is 0 Å². The number of hydrogen-bond donors (Lipinski definition) is 2. The van der Waals surface area contributed by atoms with E-state index in [0.29, 0.717) is 6.61 Å². The Morgan fingerprint density at radius 1 is 1.41 bits per heavy atom. The van der Waals surface area contributed by atoms with Crippen LogP contribution in [0.1, 0.15) is 23.7 Å². The van der Waals surface area contributed by atoms with Crippen LogP contribution in [-0.2, 0) is 4.79 Å². The van der Waals surface area contributed by atoms with Crippen molar-refractivity contribution in [2.24, 2.45) is 0 Å². The van der Waals surface area contributed by atoms with Gasteiger partial charge in [-0.25, -0.2) is 4.98 Å². The molecule has 2 N–H and O–H groups in total. The Bertz CT molecular complexity index is 628. The Morgan fingerprint density at radius 2 is 2.14 bits per heavy atom. The number of imidazole rings is 1. The number of aromatic nitrogens is 2. The van der Waals surface area contributed by atoms with E-state index in [0.717, 1.165) is 22.6 Å². The van der Waals surface area contributed by atoms with Gasteiger partial charge in [0, 0.05) is 6.08 Å². The van der Waals surface area contributed by atoms with Gasteiger partial charge in [0.05, 0.1) is 24.3 Å². The molecule has 5 heteroatoms. The summed E-state index contributed by atoms with van der Waals surface area (Å²) >= 11 is 0. The van der Waals surface area contributed by atoms with Crippen molar-refractivity contribution in [3.63, 3.8) is 0 Å². The fourth-order valence-electron chi connectivity index (χ4n) is 2.09. The summed E-state index contributed by atoms with van der Waals surface area (Å²) in [4.78, 5) is 18.6. The zero-order valence-corrected chi connectivity index (χ0v) is 13.1. The van der Waals surface area contributed by atoms with Crippen molar-refractivity contribution in [3.05, 3.63) is 53.6 Å². The van der Waals surface area contributed by atoms with E-state index < -0.39 is 0 Å². The third-order valence-electron chi connectivity index (χ3n) is 3.21. The van der Waals surface area contributed by atoms with Gasteiger partial charge in [-0.3, -0.25) is 4.79 Å². The number of carbonyl (C=O) groups is 1.